The molecule has 3 atom stereocenters. The second-order valence-corrected chi connectivity index (χ2v) is 6.31. The molecule has 0 unspecified atom stereocenters. The first-order valence-corrected chi connectivity index (χ1v) is 7.80. The maximum atomic E-state index is 12.2. The van der Waals surface area contributed by atoms with Crippen molar-refractivity contribution in [2.75, 3.05) is 26.2 Å². The third-order valence-corrected chi connectivity index (χ3v) is 4.43. The van der Waals surface area contributed by atoms with Crippen LogP contribution in [0.15, 0.2) is 0 Å². The molecule has 3 saturated heterocycles. The summed E-state index contributed by atoms with van der Waals surface area (Å²) in [6, 6.07) is -2.03. The van der Waals surface area contributed by atoms with Gasteiger partial charge < -0.3 is 19.5 Å². The van der Waals surface area contributed by atoms with Crippen LogP contribution in [0.3, 0.4) is 0 Å². The molecule has 1 N–H and O–H groups in total. The molecule has 3 aliphatic heterocycles. The summed E-state index contributed by atoms with van der Waals surface area (Å²) in [6.45, 7) is 0.580. The zero-order valence-electron chi connectivity index (χ0n) is 11.9. The topological polar surface area (TPSA) is 131 Å². The largest absolute Gasteiger partial charge is 1.00 e. The van der Waals surface area contributed by atoms with Gasteiger partial charge in [0, 0.05) is 25.6 Å². The van der Waals surface area contributed by atoms with Gasteiger partial charge in [-0.25, -0.2) is 13.2 Å². The van der Waals surface area contributed by atoms with E-state index in [-0.39, 0.29) is 61.1 Å². The van der Waals surface area contributed by atoms with Gasteiger partial charge in [0.05, 0.1) is 12.6 Å². The monoisotopic (exact) mass is 343 g/mol. The van der Waals surface area contributed by atoms with Crippen molar-refractivity contribution in [1.29, 1.82) is 0 Å². The van der Waals surface area contributed by atoms with E-state index in [1.54, 1.807) is 0 Å². The minimum atomic E-state index is -5.04. The predicted molar refractivity (Wildman–Crippen MR) is 64.1 cm³/mol. The average Bonchev–Trinajstić information content (AvgIpc) is 2.81. The van der Waals surface area contributed by atoms with Gasteiger partial charge in [0.1, 0.15) is 6.04 Å². The van der Waals surface area contributed by atoms with Crippen LogP contribution in [0.4, 0.5) is 4.79 Å². The second-order valence-electron chi connectivity index (χ2n) is 5.35. The minimum absolute atomic E-state index is 0. The summed E-state index contributed by atoms with van der Waals surface area (Å²) >= 11 is 0. The van der Waals surface area contributed by atoms with E-state index in [9.17, 15) is 22.6 Å². The number of carbonyl (C=O) groups is 2. The van der Waals surface area contributed by atoms with Crippen molar-refractivity contribution in [3.05, 3.63) is 0 Å². The number of fused-ring (bicyclic) bond motifs is 4. The van der Waals surface area contributed by atoms with Gasteiger partial charge in [-0.15, -0.1) is 0 Å². The van der Waals surface area contributed by atoms with Gasteiger partial charge in [-0.2, -0.15) is 9.35 Å². The minimum Gasteiger partial charge on any atom is -0.724 e. The van der Waals surface area contributed by atoms with Crippen molar-refractivity contribution in [3.63, 3.8) is 0 Å². The second kappa shape index (κ2) is 6.23. The van der Waals surface area contributed by atoms with Gasteiger partial charge in [-0.05, 0) is 6.42 Å². The Bertz CT molecular complexity index is 585. The van der Waals surface area contributed by atoms with Crippen LogP contribution in [0.2, 0.25) is 0 Å². The van der Waals surface area contributed by atoms with Crippen LogP contribution in [-0.2, 0) is 19.5 Å². The molecule has 2 bridgehead atoms. The van der Waals surface area contributed by atoms with Gasteiger partial charge in [0.15, 0.2) is 0 Å². The number of β-amino-alcohol motifs (C(OH)–C–C–N with tert-alkyl or cyclic N) is 1. The van der Waals surface area contributed by atoms with Crippen molar-refractivity contribution in [2.45, 2.75) is 18.5 Å². The number of nitrogens with zero attached hydrogens (tertiary/aromatic N) is 3. The fraction of sp³-hybridized carbons (Fsp3) is 0.800. The Morgan fingerprint density at radius 2 is 2.00 bits per heavy atom. The Kier molecular flexibility index (Phi) is 5.07. The summed E-state index contributed by atoms with van der Waals surface area (Å²) in [4.78, 5) is 27.1. The Hall–Kier alpha value is -0.430. The van der Waals surface area contributed by atoms with Crippen LogP contribution in [0.1, 0.15) is 6.42 Å². The molecule has 0 saturated carbocycles. The number of carbonyl (C=O) groups excluding carboxylic acids is 2. The first kappa shape index (κ1) is 17.9. The molecule has 0 aromatic heterocycles. The number of hydrogen-bond acceptors (Lipinski definition) is 7. The van der Waals surface area contributed by atoms with Crippen molar-refractivity contribution in [2.24, 2.45) is 5.92 Å². The molecule has 3 amide bonds. The summed E-state index contributed by atoms with van der Waals surface area (Å²) in [5.41, 5.74) is 0. The molecule has 22 heavy (non-hydrogen) atoms. The molecule has 3 aliphatic rings. The molecule has 0 aromatic rings. The van der Waals surface area contributed by atoms with Crippen molar-refractivity contribution in [1.82, 2.24) is 14.9 Å². The first-order valence-electron chi connectivity index (χ1n) is 6.46. The summed E-state index contributed by atoms with van der Waals surface area (Å²) in [6.07, 6.45) is 0.371. The van der Waals surface area contributed by atoms with Gasteiger partial charge in [0.2, 0.25) is 16.3 Å². The SMILES string of the molecule is O=C1[C@@H]2[C@@H](C[C@@H]3CN2C(=O)N3OS(=O)(=O)[O-])CN1CCO.[Na+]. The zero-order chi connectivity index (χ0) is 15.4. The third kappa shape index (κ3) is 2.98. The molecule has 3 rings (SSSR count). The molecule has 12 heteroatoms. The quantitative estimate of drug-likeness (QED) is 0.306. The molecule has 0 aliphatic carbocycles. The van der Waals surface area contributed by atoms with E-state index >= 15 is 0 Å². The van der Waals surface area contributed by atoms with Crippen LogP contribution in [-0.4, -0.2) is 83.2 Å². The molecule has 10 nitrogen and oxygen atoms in total. The van der Waals surface area contributed by atoms with E-state index < -0.39 is 28.5 Å². The molecule has 0 radical (unpaired) electrons. The molecule has 0 spiro atoms. The molecule has 0 aromatic carbocycles. The molecular weight excluding hydrogens is 329 g/mol. The fourth-order valence-corrected chi connectivity index (χ4v) is 3.76. The normalized spacial score (nSPS) is 30.6. The van der Waals surface area contributed by atoms with E-state index in [4.69, 9.17) is 5.11 Å². The maximum absolute atomic E-state index is 12.2. The standard InChI is InChI=1S/C10H15N3O7S.Na/c14-2-1-11-4-6-3-7-5-12(8(6)9(11)15)10(16)13(7)20-21(17,18)19;/h6-8,14H,1-5H2,(H,17,18,19);/q;+1/p-1/t6-,7+,8-;/m0./s1. The van der Waals surface area contributed by atoms with Gasteiger partial charge in [-0.1, -0.05) is 0 Å². The van der Waals surface area contributed by atoms with E-state index in [0.29, 0.717) is 18.0 Å². The summed E-state index contributed by atoms with van der Waals surface area (Å²) < 4.78 is 36.2. The molecule has 3 heterocycles. The fourth-order valence-electron chi connectivity index (χ4n) is 3.38. The number of hydrogen-bond donors (Lipinski definition) is 1. The maximum Gasteiger partial charge on any atom is 1.00 e. The van der Waals surface area contributed by atoms with Crippen molar-refractivity contribution in [3.8, 4) is 0 Å². The van der Waals surface area contributed by atoms with Crippen LogP contribution in [0.5, 0.6) is 0 Å². The van der Waals surface area contributed by atoms with Crippen LogP contribution >= 0.6 is 0 Å². The molecular formula is C10H14N3NaO7S. The number of piperidine rings is 1. The third-order valence-electron chi connectivity index (χ3n) is 4.09. The molecule has 3 fully saturated rings. The number of likely N-dealkylation sites (tertiary alicyclic amines) is 1. The number of aliphatic hydroxyl groups is 1. The average molecular weight is 343 g/mol. The predicted octanol–water partition coefficient (Wildman–Crippen LogP) is -5.29. The zero-order valence-corrected chi connectivity index (χ0v) is 14.7. The van der Waals surface area contributed by atoms with Gasteiger partial charge in [-0.3, -0.25) is 4.79 Å². The Morgan fingerprint density at radius 3 is 2.59 bits per heavy atom. The van der Waals surface area contributed by atoms with Crippen molar-refractivity contribution < 1.29 is 61.5 Å². The van der Waals surface area contributed by atoms with E-state index in [2.05, 4.69) is 4.28 Å². The van der Waals surface area contributed by atoms with E-state index in [1.807, 2.05) is 0 Å². The Balaban J connectivity index is 0.00000176. The number of amides is 3. The summed E-state index contributed by atoms with van der Waals surface area (Å²) in [5.74, 6) is -0.428. The number of hydroxylamine groups is 2. The number of aliphatic hydroxyl groups excluding tert-OH is 1. The van der Waals surface area contributed by atoms with E-state index in [1.165, 1.54) is 9.80 Å². The van der Waals surface area contributed by atoms with Crippen LogP contribution in [0, 0.1) is 5.92 Å². The Morgan fingerprint density at radius 1 is 1.32 bits per heavy atom. The van der Waals surface area contributed by atoms with Crippen LogP contribution in [0.25, 0.3) is 0 Å². The smallest absolute Gasteiger partial charge is 0.724 e. The summed E-state index contributed by atoms with van der Waals surface area (Å²) in [7, 11) is -5.04. The van der Waals surface area contributed by atoms with Crippen LogP contribution < -0.4 is 29.6 Å². The summed E-state index contributed by atoms with van der Waals surface area (Å²) in [5, 5.41) is 9.49. The number of rotatable bonds is 4. The molecule has 118 valence electrons. The number of urea groups is 1. The Labute approximate surface area is 149 Å². The van der Waals surface area contributed by atoms with Crippen molar-refractivity contribution >= 4 is 22.3 Å². The van der Waals surface area contributed by atoms with Gasteiger partial charge >= 0.3 is 35.6 Å². The van der Waals surface area contributed by atoms with E-state index in [0.717, 1.165) is 0 Å². The first-order chi connectivity index (χ1) is 9.81. The van der Waals surface area contributed by atoms with Gasteiger partial charge in [0.25, 0.3) is 0 Å².